The lowest BCUT2D eigenvalue weighted by atomic mass is 9.82. The van der Waals surface area contributed by atoms with E-state index in [1.807, 2.05) is 49.1 Å². The van der Waals surface area contributed by atoms with Gasteiger partial charge in [0, 0.05) is 25.7 Å². The van der Waals surface area contributed by atoms with E-state index in [2.05, 4.69) is 12.2 Å². The van der Waals surface area contributed by atoms with Crippen molar-refractivity contribution in [2.75, 3.05) is 19.6 Å². The first-order valence-corrected chi connectivity index (χ1v) is 6.61. The Hall–Kier alpha value is -1.35. The fraction of sp³-hybridized carbons (Fsp3) is 0.533. The minimum absolute atomic E-state index is 0.225. The Morgan fingerprint density at radius 3 is 2.61 bits per heavy atom. The minimum atomic E-state index is -0.452. The van der Waals surface area contributed by atoms with Gasteiger partial charge in [0.2, 0.25) is 5.91 Å². The summed E-state index contributed by atoms with van der Waals surface area (Å²) in [7, 11) is 0. The van der Waals surface area contributed by atoms with Gasteiger partial charge in [-0.25, -0.2) is 0 Å². The summed E-state index contributed by atoms with van der Waals surface area (Å²) in [5, 5.41) is 3.32. The number of rotatable bonds is 2. The lowest BCUT2D eigenvalue weighted by molar-refractivity contribution is -0.139. The first-order valence-electron chi connectivity index (χ1n) is 6.61. The molecule has 3 nitrogen and oxygen atoms in total. The van der Waals surface area contributed by atoms with E-state index in [4.69, 9.17) is 0 Å². The number of amides is 1. The van der Waals surface area contributed by atoms with E-state index >= 15 is 0 Å². The molecule has 1 fully saturated rings. The second kappa shape index (κ2) is 5.11. The van der Waals surface area contributed by atoms with Crippen molar-refractivity contribution in [2.45, 2.75) is 32.2 Å². The second-order valence-corrected chi connectivity index (χ2v) is 5.54. The average Bonchev–Trinajstić information content (AvgIpc) is 2.39. The van der Waals surface area contributed by atoms with Crippen LogP contribution < -0.4 is 5.32 Å². The van der Waals surface area contributed by atoms with Gasteiger partial charge in [-0.15, -0.1) is 0 Å². The minimum Gasteiger partial charge on any atom is -0.337 e. The Labute approximate surface area is 109 Å². The van der Waals surface area contributed by atoms with Crippen LogP contribution in [0.3, 0.4) is 0 Å². The Kier molecular flexibility index (Phi) is 3.71. The summed E-state index contributed by atoms with van der Waals surface area (Å²) in [6.07, 6.45) is 0. The predicted octanol–water partition coefficient (Wildman–Crippen LogP) is 1.78. The van der Waals surface area contributed by atoms with Gasteiger partial charge in [0.1, 0.15) is 0 Å². The van der Waals surface area contributed by atoms with Crippen LogP contribution in [0.1, 0.15) is 26.3 Å². The van der Waals surface area contributed by atoms with Crippen molar-refractivity contribution in [1.82, 2.24) is 10.2 Å². The fourth-order valence-corrected chi connectivity index (χ4v) is 2.48. The summed E-state index contributed by atoms with van der Waals surface area (Å²) < 4.78 is 0. The van der Waals surface area contributed by atoms with Gasteiger partial charge in [-0.1, -0.05) is 30.3 Å². The van der Waals surface area contributed by atoms with Crippen LogP contribution in [0.5, 0.6) is 0 Å². The number of carbonyl (C=O) groups excluding carboxylic acids is 1. The molecule has 98 valence electrons. The van der Waals surface area contributed by atoms with Crippen molar-refractivity contribution in [2.24, 2.45) is 0 Å². The van der Waals surface area contributed by atoms with Crippen molar-refractivity contribution < 1.29 is 4.79 Å². The predicted molar refractivity (Wildman–Crippen MR) is 73.5 cm³/mol. The zero-order valence-electron chi connectivity index (χ0n) is 11.4. The molecule has 1 atom stereocenters. The Bertz CT molecular complexity index is 414. The molecular formula is C15H22N2O. The molecule has 1 heterocycles. The molecule has 1 aromatic carbocycles. The average molecular weight is 246 g/mol. The quantitative estimate of drug-likeness (QED) is 0.863. The number of nitrogens with one attached hydrogen (secondary N) is 1. The van der Waals surface area contributed by atoms with E-state index in [-0.39, 0.29) is 11.9 Å². The molecule has 0 radical (unpaired) electrons. The molecule has 18 heavy (non-hydrogen) atoms. The summed E-state index contributed by atoms with van der Waals surface area (Å²) in [6, 6.07) is 10.3. The first-order chi connectivity index (χ1) is 8.53. The summed E-state index contributed by atoms with van der Waals surface area (Å²) in [6.45, 7) is 8.71. The third kappa shape index (κ3) is 2.41. The van der Waals surface area contributed by atoms with Crippen LogP contribution in [-0.2, 0) is 10.2 Å². The summed E-state index contributed by atoms with van der Waals surface area (Å²) in [4.78, 5) is 14.7. The molecule has 1 N–H and O–H groups in total. The Morgan fingerprint density at radius 1 is 1.33 bits per heavy atom. The van der Waals surface area contributed by atoms with Crippen LogP contribution in [0.4, 0.5) is 0 Å². The molecule has 3 heteroatoms. The molecule has 1 aliphatic rings. The maximum absolute atomic E-state index is 12.7. The van der Waals surface area contributed by atoms with Crippen LogP contribution in [0.25, 0.3) is 0 Å². The van der Waals surface area contributed by atoms with Gasteiger partial charge in [0.25, 0.3) is 0 Å². The molecule has 1 saturated heterocycles. The highest BCUT2D eigenvalue weighted by Crippen LogP contribution is 2.26. The lowest BCUT2D eigenvalue weighted by Crippen LogP contribution is -2.56. The van der Waals surface area contributed by atoms with Crippen LogP contribution in [-0.4, -0.2) is 36.5 Å². The first kappa shape index (κ1) is 13.1. The summed E-state index contributed by atoms with van der Waals surface area (Å²) in [5.41, 5.74) is 0.632. The molecule has 0 saturated carbocycles. The third-order valence-electron chi connectivity index (χ3n) is 3.79. The van der Waals surface area contributed by atoms with Gasteiger partial charge in [0.05, 0.1) is 5.41 Å². The highest BCUT2D eigenvalue weighted by atomic mass is 16.2. The molecule has 0 spiro atoms. The number of carbonyl (C=O) groups is 1. The lowest BCUT2D eigenvalue weighted by Gasteiger charge is -2.39. The van der Waals surface area contributed by atoms with Crippen molar-refractivity contribution in [3.8, 4) is 0 Å². The SMILES string of the molecule is C[C@H]1CNCCN1C(=O)C(C)(C)c1ccccc1. The maximum atomic E-state index is 12.7. The summed E-state index contributed by atoms with van der Waals surface area (Å²) >= 11 is 0. The van der Waals surface area contributed by atoms with E-state index in [0.717, 1.165) is 25.2 Å². The summed E-state index contributed by atoms with van der Waals surface area (Å²) in [5.74, 6) is 0.225. The monoisotopic (exact) mass is 246 g/mol. The number of hydrogen-bond acceptors (Lipinski definition) is 2. The number of hydrogen-bond donors (Lipinski definition) is 1. The molecule has 1 amide bonds. The number of benzene rings is 1. The van der Waals surface area contributed by atoms with Gasteiger partial charge in [-0.2, -0.15) is 0 Å². The van der Waals surface area contributed by atoms with Crippen LogP contribution in [0.15, 0.2) is 30.3 Å². The fourth-order valence-electron chi connectivity index (χ4n) is 2.48. The molecule has 0 unspecified atom stereocenters. The zero-order chi connectivity index (χ0) is 13.2. The van der Waals surface area contributed by atoms with Gasteiger partial charge in [-0.3, -0.25) is 4.79 Å². The normalized spacial score (nSPS) is 20.8. The van der Waals surface area contributed by atoms with Crippen LogP contribution in [0.2, 0.25) is 0 Å². The van der Waals surface area contributed by atoms with Crippen molar-refractivity contribution in [1.29, 1.82) is 0 Å². The highest BCUT2D eigenvalue weighted by Gasteiger charge is 2.36. The molecule has 2 rings (SSSR count). The molecule has 0 aromatic heterocycles. The standard InChI is InChI=1S/C15H22N2O/c1-12-11-16-9-10-17(12)14(18)15(2,3)13-7-5-4-6-8-13/h4-8,12,16H,9-11H2,1-3H3/t12-/m0/s1. The topological polar surface area (TPSA) is 32.3 Å². The molecule has 1 aromatic rings. The van der Waals surface area contributed by atoms with Gasteiger partial charge in [0.15, 0.2) is 0 Å². The van der Waals surface area contributed by atoms with Gasteiger partial charge in [-0.05, 0) is 26.3 Å². The van der Waals surface area contributed by atoms with E-state index in [1.54, 1.807) is 0 Å². The van der Waals surface area contributed by atoms with E-state index in [0.29, 0.717) is 0 Å². The smallest absolute Gasteiger partial charge is 0.232 e. The molecule has 0 bridgehead atoms. The van der Waals surface area contributed by atoms with Crippen LogP contribution in [0, 0.1) is 0 Å². The molecule has 1 aliphatic heterocycles. The van der Waals surface area contributed by atoms with Crippen molar-refractivity contribution in [3.05, 3.63) is 35.9 Å². The largest absolute Gasteiger partial charge is 0.337 e. The van der Waals surface area contributed by atoms with E-state index in [1.165, 1.54) is 0 Å². The van der Waals surface area contributed by atoms with Crippen molar-refractivity contribution >= 4 is 5.91 Å². The Balaban J connectivity index is 2.21. The van der Waals surface area contributed by atoms with E-state index < -0.39 is 5.41 Å². The maximum Gasteiger partial charge on any atom is 0.232 e. The zero-order valence-corrected chi connectivity index (χ0v) is 11.4. The van der Waals surface area contributed by atoms with E-state index in [9.17, 15) is 4.79 Å². The molecule has 0 aliphatic carbocycles. The Morgan fingerprint density at radius 2 is 2.00 bits per heavy atom. The number of piperazine rings is 1. The van der Waals surface area contributed by atoms with Gasteiger partial charge < -0.3 is 10.2 Å². The van der Waals surface area contributed by atoms with Crippen LogP contribution >= 0.6 is 0 Å². The number of nitrogens with zero attached hydrogens (tertiary/aromatic N) is 1. The third-order valence-corrected chi connectivity index (χ3v) is 3.79. The molecular weight excluding hydrogens is 224 g/mol. The van der Waals surface area contributed by atoms with Gasteiger partial charge >= 0.3 is 0 Å². The second-order valence-electron chi connectivity index (χ2n) is 5.54. The highest BCUT2D eigenvalue weighted by molar-refractivity contribution is 5.87. The van der Waals surface area contributed by atoms with Crippen molar-refractivity contribution in [3.63, 3.8) is 0 Å².